The van der Waals surface area contributed by atoms with Crippen LogP contribution in [0.4, 0.5) is 4.79 Å². The Hall–Kier alpha value is -1.91. The van der Waals surface area contributed by atoms with Crippen molar-refractivity contribution < 1.29 is 20.1 Å². The topological polar surface area (TPSA) is 81.0 Å². The number of carboxylic acid groups (broad SMARTS) is 1. The van der Waals surface area contributed by atoms with Gasteiger partial charge in [-0.1, -0.05) is 6.07 Å². The van der Waals surface area contributed by atoms with Gasteiger partial charge in [0.25, 0.3) is 0 Å². The molecule has 1 amide bonds. The van der Waals surface area contributed by atoms with E-state index in [1.807, 2.05) is 0 Å². The van der Waals surface area contributed by atoms with Crippen molar-refractivity contribution in [1.29, 1.82) is 0 Å². The predicted molar refractivity (Wildman–Crippen MR) is 61.3 cm³/mol. The zero-order chi connectivity index (χ0) is 12.4. The van der Waals surface area contributed by atoms with Crippen molar-refractivity contribution in [2.45, 2.75) is 18.8 Å². The fourth-order valence-corrected chi connectivity index (χ4v) is 2.26. The smallest absolute Gasteiger partial charge is 0.407 e. The minimum Gasteiger partial charge on any atom is -0.508 e. The number of nitrogens with zero attached hydrogens (tertiary/aromatic N) is 1. The Balaban J connectivity index is 2.08. The molecular weight excluding hydrogens is 222 g/mol. The summed E-state index contributed by atoms with van der Waals surface area (Å²) in [5, 5.41) is 27.8. The molecule has 0 unspecified atom stereocenters. The molecular formula is C12H15NO4. The molecule has 0 bridgehead atoms. The van der Waals surface area contributed by atoms with Gasteiger partial charge >= 0.3 is 6.09 Å². The minimum atomic E-state index is -0.890. The quantitative estimate of drug-likeness (QED) is 0.697. The molecule has 0 radical (unpaired) electrons. The van der Waals surface area contributed by atoms with Crippen LogP contribution in [0.15, 0.2) is 18.2 Å². The summed E-state index contributed by atoms with van der Waals surface area (Å²) in [5.41, 5.74) is 0.785. The molecule has 2 rings (SSSR count). The average Bonchev–Trinajstić information content (AvgIpc) is 2.29. The zero-order valence-corrected chi connectivity index (χ0v) is 9.33. The van der Waals surface area contributed by atoms with Gasteiger partial charge in [0.1, 0.15) is 11.5 Å². The maximum absolute atomic E-state index is 10.8. The van der Waals surface area contributed by atoms with Crippen LogP contribution >= 0.6 is 0 Å². The largest absolute Gasteiger partial charge is 0.508 e. The molecule has 1 fully saturated rings. The van der Waals surface area contributed by atoms with Gasteiger partial charge in [-0.25, -0.2) is 4.79 Å². The maximum Gasteiger partial charge on any atom is 0.407 e. The van der Waals surface area contributed by atoms with Crippen LogP contribution in [0.2, 0.25) is 0 Å². The Labute approximate surface area is 98.9 Å². The number of likely N-dealkylation sites (tertiary alicyclic amines) is 1. The zero-order valence-electron chi connectivity index (χ0n) is 9.33. The van der Waals surface area contributed by atoms with Crippen molar-refractivity contribution in [2.75, 3.05) is 13.1 Å². The molecule has 92 valence electrons. The van der Waals surface area contributed by atoms with Crippen molar-refractivity contribution in [3.63, 3.8) is 0 Å². The lowest BCUT2D eigenvalue weighted by molar-refractivity contribution is 0.132. The molecule has 1 saturated heterocycles. The summed E-state index contributed by atoms with van der Waals surface area (Å²) < 4.78 is 0. The SMILES string of the molecule is O=C(O)N1CCC(c2ccc(O)cc2O)CC1. The van der Waals surface area contributed by atoms with E-state index < -0.39 is 6.09 Å². The number of phenolic OH excluding ortho intramolecular Hbond substituents is 2. The number of piperidine rings is 1. The molecule has 17 heavy (non-hydrogen) atoms. The first-order valence-electron chi connectivity index (χ1n) is 5.57. The van der Waals surface area contributed by atoms with Gasteiger partial charge in [0.15, 0.2) is 0 Å². The van der Waals surface area contributed by atoms with Crippen LogP contribution in [0.3, 0.4) is 0 Å². The molecule has 3 N–H and O–H groups in total. The van der Waals surface area contributed by atoms with E-state index >= 15 is 0 Å². The third kappa shape index (κ3) is 2.43. The van der Waals surface area contributed by atoms with Gasteiger partial charge in [-0.05, 0) is 30.4 Å². The van der Waals surface area contributed by atoms with Crippen LogP contribution in [0.5, 0.6) is 11.5 Å². The maximum atomic E-state index is 10.8. The Bertz CT molecular complexity index is 425. The molecule has 0 atom stereocenters. The van der Waals surface area contributed by atoms with Crippen LogP contribution in [0, 0.1) is 0 Å². The number of carbonyl (C=O) groups is 1. The number of aromatic hydroxyl groups is 2. The lowest BCUT2D eigenvalue weighted by atomic mass is 9.89. The molecule has 1 aliphatic rings. The second-order valence-electron chi connectivity index (χ2n) is 4.29. The second kappa shape index (κ2) is 4.53. The van der Waals surface area contributed by atoms with Crippen molar-refractivity contribution in [3.8, 4) is 11.5 Å². The van der Waals surface area contributed by atoms with E-state index in [9.17, 15) is 15.0 Å². The molecule has 0 aromatic heterocycles. The highest BCUT2D eigenvalue weighted by Gasteiger charge is 2.24. The van der Waals surface area contributed by atoms with Crippen LogP contribution in [-0.4, -0.2) is 39.4 Å². The van der Waals surface area contributed by atoms with Crippen LogP contribution in [0.1, 0.15) is 24.3 Å². The fraction of sp³-hybridized carbons (Fsp3) is 0.417. The highest BCUT2D eigenvalue weighted by molar-refractivity contribution is 5.65. The van der Waals surface area contributed by atoms with Crippen LogP contribution < -0.4 is 0 Å². The third-order valence-electron chi connectivity index (χ3n) is 3.22. The normalized spacial score (nSPS) is 17.1. The Morgan fingerprint density at radius 1 is 1.24 bits per heavy atom. The van der Waals surface area contributed by atoms with E-state index in [1.165, 1.54) is 11.0 Å². The van der Waals surface area contributed by atoms with Gasteiger partial charge in [0.2, 0.25) is 0 Å². The standard InChI is InChI=1S/C12H15NO4/c14-9-1-2-10(11(15)7-9)8-3-5-13(6-4-8)12(16)17/h1-2,7-8,14-15H,3-6H2,(H,16,17). The summed E-state index contributed by atoms with van der Waals surface area (Å²) in [5.74, 6) is 0.277. The minimum absolute atomic E-state index is 0.0363. The highest BCUT2D eigenvalue weighted by atomic mass is 16.4. The molecule has 0 spiro atoms. The first kappa shape index (κ1) is 11.6. The van der Waals surface area contributed by atoms with Crippen LogP contribution in [-0.2, 0) is 0 Å². The molecule has 0 aliphatic carbocycles. The fourth-order valence-electron chi connectivity index (χ4n) is 2.26. The van der Waals surface area contributed by atoms with E-state index in [4.69, 9.17) is 5.11 Å². The number of hydrogen-bond donors (Lipinski definition) is 3. The van der Waals surface area contributed by atoms with Crippen molar-refractivity contribution in [1.82, 2.24) is 4.90 Å². The molecule has 1 aliphatic heterocycles. The number of amides is 1. The lowest BCUT2D eigenvalue weighted by Gasteiger charge is -2.30. The second-order valence-corrected chi connectivity index (χ2v) is 4.29. The summed E-state index contributed by atoms with van der Waals surface area (Å²) in [4.78, 5) is 12.1. The monoisotopic (exact) mass is 237 g/mol. The van der Waals surface area contributed by atoms with Gasteiger partial charge in [0, 0.05) is 19.2 Å². The molecule has 1 aromatic carbocycles. The average molecular weight is 237 g/mol. The van der Waals surface area contributed by atoms with Gasteiger partial charge in [0.05, 0.1) is 0 Å². The number of phenols is 2. The van der Waals surface area contributed by atoms with E-state index in [-0.39, 0.29) is 17.4 Å². The molecule has 1 aromatic rings. The summed E-state index contributed by atoms with van der Waals surface area (Å²) in [6, 6.07) is 4.56. The third-order valence-corrected chi connectivity index (χ3v) is 3.22. The highest BCUT2D eigenvalue weighted by Crippen LogP contribution is 2.35. The Morgan fingerprint density at radius 3 is 2.41 bits per heavy atom. The lowest BCUT2D eigenvalue weighted by Crippen LogP contribution is -2.36. The molecule has 5 heteroatoms. The number of hydrogen-bond acceptors (Lipinski definition) is 3. The molecule has 1 heterocycles. The van der Waals surface area contributed by atoms with Gasteiger partial charge in [-0.3, -0.25) is 0 Å². The number of rotatable bonds is 1. The van der Waals surface area contributed by atoms with Crippen molar-refractivity contribution in [3.05, 3.63) is 23.8 Å². The van der Waals surface area contributed by atoms with Crippen molar-refractivity contribution in [2.24, 2.45) is 0 Å². The summed E-state index contributed by atoms with van der Waals surface area (Å²) in [6.07, 6.45) is 0.508. The van der Waals surface area contributed by atoms with Crippen molar-refractivity contribution >= 4 is 6.09 Å². The van der Waals surface area contributed by atoms with E-state index in [1.54, 1.807) is 12.1 Å². The van der Waals surface area contributed by atoms with E-state index in [2.05, 4.69) is 0 Å². The van der Waals surface area contributed by atoms with Crippen LogP contribution in [0.25, 0.3) is 0 Å². The van der Waals surface area contributed by atoms with Gasteiger partial charge in [-0.15, -0.1) is 0 Å². The van der Waals surface area contributed by atoms with Gasteiger partial charge < -0.3 is 20.2 Å². The Kier molecular flexibility index (Phi) is 3.08. The first-order chi connectivity index (χ1) is 8.08. The van der Waals surface area contributed by atoms with Gasteiger partial charge in [-0.2, -0.15) is 0 Å². The Morgan fingerprint density at radius 2 is 1.88 bits per heavy atom. The first-order valence-corrected chi connectivity index (χ1v) is 5.57. The van der Waals surface area contributed by atoms with E-state index in [0.717, 1.165) is 5.56 Å². The number of benzene rings is 1. The predicted octanol–water partition coefficient (Wildman–Crippen LogP) is 1.96. The summed E-state index contributed by atoms with van der Waals surface area (Å²) in [7, 11) is 0. The summed E-state index contributed by atoms with van der Waals surface area (Å²) in [6.45, 7) is 0.973. The molecule has 0 saturated carbocycles. The van der Waals surface area contributed by atoms with E-state index in [0.29, 0.717) is 25.9 Å². The summed E-state index contributed by atoms with van der Waals surface area (Å²) >= 11 is 0. The molecule has 5 nitrogen and oxygen atoms in total.